The Balaban J connectivity index is 1.39. The van der Waals surface area contributed by atoms with Crippen LogP contribution in [0.2, 0.25) is 0 Å². The highest BCUT2D eigenvalue weighted by Gasteiger charge is 2.37. The predicted molar refractivity (Wildman–Crippen MR) is 128 cm³/mol. The van der Waals surface area contributed by atoms with Crippen LogP contribution in [0.15, 0.2) is 61.2 Å². The number of nitrogens with one attached hydrogen (secondary N) is 1. The highest BCUT2D eigenvalue weighted by atomic mass is 16.5. The maximum absolute atomic E-state index is 13.1. The third-order valence-corrected chi connectivity index (χ3v) is 6.85. The third kappa shape index (κ3) is 4.83. The minimum Gasteiger partial charge on any atom is -0.481 e. The molecule has 3 atom stereocenters. The van der Waals surface area contributed by atoms with Gasteiger partial charge in [0.25, 0.3) is 0 Å². The molecule has 1 heterocycles. The third-order valence-electron chi connectivity index (χ3n) is 6.85. The Morgan fingerprint density at radius 1 is 1.12 bits per heavy atom. The van der Waals surface area contributed by atoms with Crippen molar-refractivity contribution in [1.82, 2.24) is 10.2 Å². The van der Waals surface area contributed by atoms with Crippen molar-refractivity contribution >= 4 is 18.0 Å². The van der Waals surface area contributed by atoms with E-state index >= 15 is 0 Å². The van der Waals surface area contributed by atoms with Crippen LogP contribution in [-0.2, 0) is 14.3 Å². The molecule has 7 heteroatoms. The summed E-state index contributed by atoms with van der Waals surface area (Å²) in [6, 6.07) is 15.4. The topological polar surface area (TPSA) is 95.9 Å². The fourth-order valence-corrected chi connectivity index (χ4v) is 5.10. The van der Waals surface area contributed by atoms with Crippen molar-refractivity contribution in [2.24, 2.45) is 11.8 Å². The summed E-state index contributed by atoms with van der Waals surface area (Å²) in [5.74, 6) is -1.19. The van der Waals surface area contributed by atoms with Crippen molar-refractivity contribution < 1.29 is 24.2 Å². The highest BCUT2D eigenvalue weighted by molar-refractivity contribution is 5.86. The van der Waals surface area contributed by atoms with Crippen LogP contribution in [0, 0.1) is 11.8 Å². The first-order chi connectivity index (χ1) is 16.4. The molecule has 4 rings (SSSR count). The van der Waals surface area contributed by atoms with Crippen LogP contribution in [-0.4, -0.2) is 53.7 Å². The van der Waals surface area contributed by atoms with Crippen LogP contribution in [0.25, 0.3) is 11.1 Å². The summed E-state index contributed by atoms with van der Waals surface area (Å²) in [6.07, 6.45) is 1.21. The number of carbonyl (C=O) groups is 3. The fourth-order valence-electron chi connectivity index (χ4n) is 5.10. The molecule has 1 aliphatic heterocycles. The SMILES string of the molecule is C=CCC(NC(=O)OCC1c2ccccc2-c2ccccc21)C(=O)N1CC(C)C(CC(=O)O)C1. The molecule has 3 unspecified atom stereocenters. The Bertz CT molecular complexity index is 1050. The van der Waals surface area contributed by atoms with E-state index in [4.69, 9.17) is 9.84 Å². The molecule has 0 radical (unpaired) electrons. The number of carboxylic acids is 1. The number of hydrogen-bond donors (Lipinski definition) is 2. The lowest BCUT2D eigenvalue weighted by Crippen LogP contribution is -2.48. The van der Waals surface area contributed by atoms with Crippen LogP contribution in [0.5, 0.6) is 0 Å². The van der Waals surface area contributed by atoms with E-state index in [1.807, 2.05) is 43.3 Å². The van der Waals surface area contributed by atoms with Gasteiger partial charge in [0.05, 0.1) is 6.42 Å². The number of rotatable bonds is 8. The molecule has 1 aliphatic carbocycles. The molecule has 7 nitrogen and oxygen atoms in total. The van der Waals surface area contributed by atoms with E-state index < -0.39 is 18.1 Å². The summed E-state index contributed by atoms with van der Waals surface area (Å²) in [5, 5.41) is 11.8. The van der Waals surface area contributed by atoms with Gasteiger partial charge in [0.15, 0.2) is 0 Å². The van der Waals surface area contributed by atoms with Gasteiger partial charge in [0.1, 0.15) is 12.6 Å². The van der Waals surface area contributed by atoms with E-state index in [2.05, 4.69) is 24.0 Å². The highest BCUT2D eigenvalue weighted by Crippen LogP contribution is 2.44. The van der Waals surface area contributed by atoms with E-state index in [0.717, 1.165) is 22.3 Å². The van der Waals surface area contributed by atoms with Gasteiger partial charge in [-0.05, 0) is 40.5 Å². The second kappa shape index (κ2) is 10.1. The standard InChI is InChI=1S/C27H30N2O5/c1-3-8-24(26(32)29-14-17(2)18(15-29)13-25(30)31)28-27(33)34-16-23-21-11-6-4-9-19(21)20-10-5-7-12-22(20)23/h3-7,9-12,17-18,23-24H,1,8,13-16H2,2H3,(H,28,33)(H,30,31). The van der Waals surface area contributed by atoms with Gasteiger partial charge in [-0.1, -0.05) is 61.5 Å². The molecule has 178 valence electrons. The van der Waals surface area contributed by atoms with Gasteiger partial charge in [0.2, 0.25) is 5.91 Å². The monoisotopic (exact) mass is 462 g/mol. The van der Waals surface area contributed by atoms with Gasteiger partial charge in [-0.2, -0.15) is 0 Å². The lowest BCUT2D eigenvalue weighted by atomic mass is 9.95. The maximum atomic E-state index is 13.1. The Morgan fingerprint density at radius 2 is 1.74 bits per heavy atom. The van der Waals surface area contributed by atoms with Crippen molar-refractivity contribution in [1.29, 1.82) is 0 Å². The fraction of sp³-hybridized carbons (Fsp3) is 0.370. The van der Waals surface area contributed by atoms with Crippen LogP contribution in [0.3, 0.4) is 0 Å². The number of carbonyl (C=O) groups excluding carboxylic acids is 2. The molecule has 0 saturated carbocycles. The second-order valence-corrected chi connectivity index (χ2v) is 9.13. The van der Waals surface area contributed by atoms with Crippen molar-refractivity contribution in [3.05, 3.63) is 72.3 Å². The van der Waals surface area contributed by atoms with Crippen LogP contribution >= 0.6 is 0 Å². The minimum atomic E-state index is -0.870. The normalized spacial score (nSPS) is 19.7. The van der Waals surface area contributed by atoms with E-state index in [-0.39, 0.29) is 43.1 Å². The van der Waals surface area contributed by atoms with Crippen molar-refractivity contribution in [2.75, 3.05) is 19.7 Å². The zero-order chi connectivity index (χ0) is 24.2. The lowest BCUT2D eigenvalue weighted by molar-refractivity contribution is -0.138. The number of carboxylic acid groups (broad SMARTS) is 1. The summed E-state index contributed by atoms with van der Waals surface area (Å²) >= 11 is 0. The second-order valence-electron chi connectivity index (χ2n) is 9.13. The van der Waals surface area contributed by atoms with Crippen molar-refractivity contribution in [3.63, 3.8) is 0 Å². The van der Waals surface area contributed by atoms with E-state index in [1.54, 1.807) is 11.0 Å². The molecule has 2 aliphatic rings. The number of alkyl carbamates (subject to hydrolysis) is 1. The van der Waals surface area contributed by atoms with Crippen LogP contribution < -0.4 is 5.32 Å². The average Bonchev–Trinajstić information content (AvgIpc) is 3.34. The number of hydrogen-bond acceptors (Lipinski definition) is 4. The zero-order valence-corrected chi connectivity index (χ0v) is 19.3. The Kier molecular flexibility index (Phi) is 7.01. The molecular weight excluding hydrogens is 432 g/mol. The van der Waals surface area contributed by atoms with E-state index in [1.165, 1.54) is 0 Å². The molecular formula is C27H30N2O5. The first kappa shape index (κ1) is 23.5. The number of nitrogens with zero attached hydrogens (tertiary/aromatic N) is 1. The Morgan fingerprint density at radius 3 is 2.32 bits per heavy atom. The Hall–Kier alpha value is -3.61. The first-order valence-electron chi connectivity index (χ1n) is 11.6. The molecule has 1 saturated heterocycles. The van der Waals surface area contributed by atoms with Crippen molar-refractivity contribution in [3.8, 4) is 11.1 Å². The maximum Gasteiger partial charge on any atom is 0.407 e. The summed E-state index contributed by atoms with van der Waals surface area (Å²) < 4.78 is 5.59. The lowest BCUT2D eigenvalue weighted by Gasteiger charge is -2.24. The average molecular weight is 463 g/mol. The summed E-state index contributed by atoms with van der Waals surface area (Å²) in [5.41, 5.74) is 4.52. The van der Waals surface area contributed by atoms with Gasteiger partial charge in [-0.15, -0.1) is 6.58 Å². The molecule has 2 aromatic rings. The predicted octanol–water partition coefficient (Wildman–Crippen LogP) is 4.04. The molecule has 2 aromatic carbocycles. The summed E-state index contributed by atoms with van der Waals surface area (Å²) in [4.78, 5) is 38.5. The van der Waals surface area contributed by atoms with Gasteiger partial charge in [-0.3, -0.25) is 9.59 Å². The Labute approximate surface area is 199 Å². The molecule has 0 spiro atoms. The number of aliphatic carboxylic acids is 1. The zero-order valence-electron chi connectivity index (χ0n) is 19.3. The summed E-state index contributed by atoms with van der Waals surface area (Å²) in [6.45, 7) is 6.65. The summed E-state index contributed by atoms with van der Waals surface area (Å²) in [7, 11) is 0. The smallest absolute Gasteiger partial charge is 0.407 e. The molecule has 34 heavy (non-hydrogen) atoms. The number of amides is 2. The van der Waals surface area contributed by atoms with E-state index in [0.29, 0.717) is 13.1 Å². The first-order valence-corrected chi connectivity index (χ1v) is 11.6. The number of likely N-dealkylation sites (tertiary alicyclic amines) is 1. The van der Waals surface area contributed by atoms with Crippen LogP contribution in [0.1, 0.15) is 36.8 Å². The van der Waals surface area contributed by atoms with Gasteiger partial charge < -0.3 is 20.1 Å². The molecule has 2 N–H and O–H groups in total. The minimum absolute atomic E-state index is 0.0247. The van der Waals surface area contributed by atoms with Gasteiger partial charge in [-0.25, -0.2) is 4.79 Å². The van der Waals surface area contributed by atoms with Gasteiger partial charge in [0, 0.05) is 19.0 Å². The number of ether oxygens (including phenoxy) is 1. The van der Waals surface area contributed by atoms with Crippen molar-refractivity contribution in [2.45, 2.75) is 31.7 Å². The molecule has 1 fully saturated rings. The molecule has 0 bridgehead atoms. The quantitative estimate of drug-likeness (QED) is 0.578. The number of fused-ring (bicyclic) bond motifs is 3. The largest absolute Gasteiger partial charge is 0.481 e. The molecule has 2 amide bonds. The molecule has 0 aromatic heterocycles. The number of benzene rings is 2. The van der Waals surface area contributed by atoms with Crippen LogP contribution in [0.4, 0.5) is 4.79 Å². The van der Waals surface area contributed by atoms with E-state index in [9.17, 15) is 14.4 Å². The van der Waals surface area contributed by atoms with Gasteiger partial charge >= 0.3 is 12.1 Å².